The van der Waals surface area contributed by atoms with Gasteiger partial charge in [0.2, 0.25) is 5.13 Å². The Morgan fingerprint density at radius 3 is 2.88 bits per heavy atom. The Labute approximate surface area is 148 Å². The quantitative estimate of drug-likeness (QED) is 0.773. The number of benzene rings is 1. The summed E-state index contributed by atoms with van der Waals surface area (Å²) in [6, 6.07) is 7.10. The van der Waals surface area contributed by atoms with Crippen LogP contribution in [0.15, 0.2) is 30.6 Å². The smallest absolute Gasteiger partial charge is 0.257 e. The van der Waals surface area contributed by atoms with Gasteiger partial charge in [-0.1, -0.05) is 36.7 Å². The molecule has 1 aliphatic carbocycles. The van der Waals surface area contributed by atoms with Gasteiger partial charge in [-0.15, -0.1) is 15.3 Å². The van der Waals surface area contributed by atoms with Gasteiger partial charge < -0.3 is 0 Å². The molecule has 4 rings (SSSR count). The van der Waals surface area contributed by atoms with Gasteiger partial charge in [0.15, 0.2) is 0 Å². The Bertz CT molecular complexity index is 855. The first kappa shape index (κ1) is 15.8. The van der Waals surface area contributed by atoms with Gasteiger partial charge in [-0.2, -0.15) is 0 Å². The molecular formula is C16H17N7OS. The van der Waals surface area contributed by atoms with Crippen molar-refractivity contribution in [2.75, 3.05) is 5.32 Å². The van der Waals surface area contributed by atoms with Crippen molar-refractivity contribution in [2.24, 2.45) is 0 Å². The molecule has 0 unspecified atom stereocenters. The number of tetrazole rings is 1. The molecule has 128 valence electrons. The zero-order valence-corrected chi connectivity index (χ0v) is 14.3. The molecule has 8 nitrogen and oxygen atoms in total. The van der Waals surface area contributed by atoms with E-state index in [1.807, 2.05) is 6.07 Å². The van der Waals surface area contributed by atoms with Gasteiger partial charge in [0.25, 0.3) is 5.91 Å². The minimum absolute atomic E-state index is 0.221. The maximum atomic E-state index is 12.5. The second-order valence-electron chi connectivity index (χ2n) is 6.04. The third-order valence-electron chi connectivity index (χ3n) is 4.34. The molecule has 1 fully saturated rings. The van der Waals surface area contributed by atoms with Crippen LogP contribution in [0.2, 0.25) is 0 Å². The minimum atomic E-state index is -0.221. The predicted molar refractivity (Wildman–Crippen MR) is 92.8 cm³/mol. The third kappa shape index (κ3) is 3.55. The van der Waals surface area contributed by atoms with Gasteiger partial charge in [-0.05, 0) is 41.5 Å². The lowest BCUT2D eigenvalue weighted by Crippen LogP contribution is -2.12. The monoisotopic (exact) mass is 355 g/mol. The van der Waals surface area contributed by atoms with E-state index < -0.39 is 0 Å². The molecule has 2 heterocycles. The Morgan fingerprint density at radius 2 is 2.08 bits per heavy atom. The second-order valence-corrected chi connectivity index (χ2v) is 7.05. The largest absolute Gasteiger partial charge is 0.296 e. The molecule has 1 saturated carbocycles. The Kier molecular flexibility index (Phi) is 4.47. The molecule has 1 amide bonds. The average molecular weight is 355 g/mol. The van der Waals surface area contributed by atoms with Crippen LogP contribution in [0, 0.1) is 0 Å². The Morgan fingerprint density at radius 1 is 1.20 bits per heavy atom. The summed E-state index contributed by atoms with van der Waals surface area (Å²) in [6.45, 7) is 0. The van der Waals surface area contributed by atoms with E-state index in [0.717, 1.165) is 23.5 Å². The number of anilines is 1. The highest BCUT2D eigenvalue weighted by atomic mass is 32.1. The van der Waals surface area contributed by atoms with E-state index in [2.05, 4.69) is 31.0 Å². The summed E-state index contributed by atoms with van der Waals surface area (Å²) in [5.41, 5.74) is 1.24. The van der Waals surface area contributed by atoms with E-state index in [4.69, 9.17) is 0 Å². The summed E-state index contributed by atoms with van der Waals surface area (Å²) in [7, 11) is 0. The summed E-state index contributed by atoms with van der Waals surface area (Å²) in [6.07, 6.45) is 7.60. The van der Waals surface area contributed by atoms with Crippen LogP contribution in [-0.4, -0.2) is 36.3 Å². The van der Waals surface area contributed by atoms with Gasteiger partial charge in [0, 0.05) is 11.5 Å². The first-order chi connectivity index (χ1) is 12.3. The lowest BCUT2D eigenvalue weighted by molar-refractivity contribution is 0.102. The van der Waals surface area contributed by atoms with Crippen LogP contribution < -0.4 is 5.32 Å². The Balaban J connectivity index is 1.47. The molecule has 1 aromatic carbocycles. The summed E-state index contributed by atoms with van der Waals surface area (Å²) in [5, 5.41) is 23.8. The van der Waals surface area contributed by atoms with Crippen LogP contribution in [0.1, 0.15) is 53.4 Å². The zero-order valence-electron chi connectivity index (χ0n) is 13.5. The van der Waals surface area contributed by atoms with Crippen LogP contribution in [0.5, 0.6) is 0 Å². The number of carbonyl (C=O) groups excluding carboxylic acids is 1. The number of hydrogen-bond acceptors (Lipinski definition) is 7. The number of nitrogens with one attached hydrogen (secondary N) is 1. The van der Waals surface area contributed by atoms with Crippen LogP contribution in [0.4, 0.5) is 5.13 Å². The Hall–Kier alpha value is -2.68. The van der Waals surface area contributed by atoms with Gasteiger partial charge in [0.05, 0.1) is 5.69 Å². The fourth-order valence-electron chi connectivity index (χ4n) is 3.04. The van der Waals surface area contributed by atoms with Crippen molar-refractivity contribution >= 4 is 22.4 Å². The van der Waals surface area contributed by atoms with E-state index in [0.29, 0.717) is 16.6 Å². The van der Waals surface area contributed by atoms with Gasteiger partial charge in [-0.25, -0.2) is 4.68 Å². The summed E-state index contributed by atoms with van der Waals surface area (Å²) < 4.78 is 1.50. The second kappa shape index (κ2) is 7.06. The number of amides is 1. The molecular weight excluding hydrogens is 338 g/mol. The number of hydrogen-bond donors (Lipinski definition) is 1. The summed E-state index contributed by atoms with van der Waals surface area (Å²) in [4.78, 5) is 12.5. The highest BCUT2D eigenvalue weighted by Gasteiger charge is 2.20. The van der Waals surface area contributed by atoms with Crippen molar-refractivity contribution in [3.05, 3.63) is 41.2 Å². The van der Waals surface area contributed by atoms with Crippen molar-refractivity contribution in [1.82, 2.24) is 30.4 Å². The summed E-state index contributed by atoms with van der Waals surface area (Å²) >= 11 is 1.47. The molecule has 0 bridgehead atoms. The zero-order chi connectivity index (χ0) is 17.1. The van der Waals surface area contributed by atoms with Crippen molar-refractivity contribution in [1.29, 1.82) is 0 Å². The fourth-order valence-corrected chi connectivity index (χ4v) is 3.95. The molecule has 0 saturated heterocycles. The van der Waals surface area contributed by atoms with Gasteiger partial charge in [0.1, 0.15) is 11.3 Å². The normalized spacial score (nSPS) is 15.2. The van der Waals surface area contributed by atoms with Crippen molar-refractivity contribution in [3.63, 3.8) is 0 Å². The SMILES string of the molecule is O=C(Nc1nnc(C2CCCCC2)s1)c1cccc(-n2cnnn2)c1. The van der Waals surface area contributed by atoms with E-state index in [-0.39, 0.29) is 5.91 Å². The molecule has 25 heavy (non-hydrogen) atoms. The van der Waals surface area contributed by atoms with Crippen LogP contribution in [0.3, 0.4) is 0 Å². The van der Waals surface area contributed by atoms with E-state index in [1.165, 1.54) is 41.6 Å². The molecule has 3 aromatic rings. The maximum absolute atomic E-state index is 12.5. The van der Waals surface area contributed by atoms with Gasteiger partial charge >= 0.3 is 0 Å². The van der Waals surface area contributed by atoms with Crippen LogP contribution in [-0.2, 0) is 0 Å². The topological polar surface area (TPSA) is 98.5 Å². The van der Waals surface area contributed by atoms with Crippen LogP contribution >= 0.6 is 11.3 Å². The predicted octanol–water partition coefficient (Wildman–Crippen LogP) is 2.81. The third-order valence-corrected chi connectivity index (χ3v) is 5.34. The average Bonchev–Trinajstić information content (AvgIpc) is 3.35. The molecule has 0 aliphatic heterocycles. The molecule has 0 spiro atoms. The lowest BCUT2D eigenvalue weighted by atomic mass is 9.90. The molecule has 1 N–H and O–H groups in total. The number of aromatic nitrogens is 6. The van der Waals surface area contributed by atoms with E-state index in [9.17, 15) is 4.79 Å². The van der Waals surface area contributed by atoms with Crippen molar-refractivity contribution < 1.29 is 4.79 Å². The number of carbonyl (C=O) groups is 1. The minimum Gasteiger partial charge on any atom is -0.296 e. The maximum Gasteiger partial charge on any atom is 0.257 e. The molecule has 9 heteroatoms. The first-order valence-corrected chi connectivity index (χ1v) is 9.09. The summed E-state index contributed by atoms with van der Waals surface area (Å²) in [5.74, 6) is 0.265. The standard InChI is InChI=1S/C16H17N7OS/c24-14(12-7-4-8-13(9-12)23-10-17-21-22-23)18-16-20-19-15(25-16)11-5-2-1-3-6-11/h4,7-11H,1-3,5-6H2,(H,18,20,24). The number of rotatable bonds is 4. The molecule has 1 aliphatic rings. The molecule has 0 radical (unpaired) electrons. The molecule has 0 atom stereocenters. The highest BCUT2D eigenvalue weighted by Crippen LogP contribution is 2.35. The fraction of sp³-hybridized carbons (Fsp3) is 0.375. The first-order valence-electron chi connectivity index (χ1n) is 8.28. The molecule has 2 aromatic heterocycles. The van der Waals surface area contributed by atoms with E-state index >= 15 is 0 Å². The van der Waals surface area contributed by atoms with Crippen molar-refractivity contribution in [2.45, 2.75) is 38.0 Å². The number of nitrogens with zero attached hydrogens (tertiary/aromatic N) is 6. The van der Waals surface area contributed by atoms with Gasteiger partial charge in [-0.3, -0.25) is 10.1 Å². The van der Waals surface area contributed by atoms with Crippen LogP contribution in [0.25, 0.3) is 5.69 Å². The van der Waals surface area contributed by atoms with E-state index in [1.54, 1.807) is 18.2 Å². The van der Waals surface area contributed by atoms with Crippen molar-refractivity contribution in [3.8, 4) is 5.69 Å². The lowest BCUT2D eigenvalue weighted by Gasteiger charge is -2.18. The highest BCUT2D eigenvalue weighted by molar-refractivity contribution is 7.15.